The Morgan fingerprint density at radius 2 is 2.25 bits per heavy atom. The Morgan fingerprint density at radius 1 is 1.58 bits per heavy atom. The molecule has 0 aliphatic heterocycles. The minimum Gasteiger partial charge on any atom is -0.376 e. The maximum atomic E-state index is 9.35. The maximum absolute atomic E-state index is 9.35. The number of aliphatic hydroxyl groups excluding tert-OH is 1. The van der Waals surface area contributed by atoms with E-state index in [1.165, 1.54) is 0 Å². The Hall–Kier alpha value is -0.780. The first-order valence-electron chi connectivity index (χ1n) is 3.55. The van der Waals surface area contributed by atoms with Crippen molar-refractivity contribution in [3.8, 4) is 12.3 Å². The van der Waals surface area contributed by atoms with Crippen molar-refractivity contribution in [3.05, 3.63) is 33.8 Å². The van der Waals surface area contributed by atoms with Crippen molar-refractivity contribution >= 4 is 15.9 Å². The van der Waals surface area contributed by atoms with E-state index in [4.69, 9.17) is 6.42 Å². The Bertz CT molecular complexity index is 325. The molecule has 0 aromatic heterocycles. The molecule has 0 amide bonds. The van der Waals surface area contributed by atoms with Crippen molar-refractivity contribution < 1.29 is 5.11 Å². The van der Waals surface area contributed by atoms with Crippen LogP contribution in [0.15, 0.2) is 22.7 Å². The lowest BCUT2D eigenvalue weighted by Crippen LogP contribution is -1.96. The monoisotopic (exact) mass is 224 g/mol. The van der Waals surface area contributed by atoms with Crippen LogP contribution in [-0.4, -0.2) is 5.11 Å². The van der Waals surface area contributed by atoms with Crippen LogP contribution >= 0.6 is 15.9 Å². The summed E-state index contributed by atoms with van der Waals surface area (Å²) in [7, 11) is 0. The third-order valence-electron chi connectivity index (χ3n) is 1.68. The van der Waals surface area contributed by atoms with Crippen LogP contribution < -0.4 is 0 Å². The van der Waals surface area contributed by atoms with E-state index < -0.39 is 6.10 Å². The lowest BCUT2D eigenvalue weighted by Gasteiger charge is -2.07. The number of rotatable bonds is 1. The number of aryl methyl sites for hydroxylation is 1. The molecule has 1 nitrogen and oxygen atoms in total. The van der Waals surface area contributed by atoms with E-state index in [1.54, 1.807) is 0 Å². The van der Waals surface area contributed by atoms with Crippen molar-refractivity contribution in [1.82, 2.24) is 0 Å². The number of halogens is 1. The molecule has 2 heteroatoms. The summed E-state index contributed by atoms with van der Waals surface area (Å²) in [5, 5.41) is 9.35. The van der Waals surface area contributed by atoms with Gasteiger partial charge in [-0.3, -0.25) is 0 Å². The van der Waals surface area contributed by atoms with Gasteiger partial charge in [0, 0.05) is 4.47 Å². The second kappa shape index (κ2) is 3.75. The van der Waals surface area contributed by atoms with Crippen LogP contribution in [0.2, 0.25) is 0 Å². The van der Waals surface area contributed by atoms with Gasteiger partial charge >= 0.3 is 0 Å². The smallest absolute Gasteiger partial charge is 0.140 e. The van der Waals surface area contributed by atoms with Crippen molar-refractivity contribution in [2.45, 2.75) is 13.0 Å². The van der Waals surface area contributed by atoms with Crippen molar-refractivity contribution in [1.29, 1.82) is 0 Å². The van der Waals surface area contributed by atoms with Crippen molar-refractivity contribution in [3.63, 3.8) is 0 Å². The first-order chi connectivity index (χ1) is 5.65. The third-order valence-corrected chi connectivity index (χ3v) is 2.18. The van der Waals surface area contributed by atoms with Gasteiger partial charge in [-0.15, -0.1) is 6.42 Å². The molecule has 1 unspecified atom stereocenters. The fourth-order valence-corrected chi connectivity index (χ4v) is 1.51. The van der Waals surface area contributed by atoms with Gasteiger partial charge in [-0.2, -0.15) is 0 Å². The summed E-state index contributed by atoms with van der Waals surface area (Å²) in [4.78, 5) is 0. The van der Waals surface area contributed by atoms with E-state index in [0.29, 0.717) is 0 Å². The molecular weight excluding hydrogens is 216 g/mol. The lowest BCUT2D eigenvalue weighted by molar-refractivity contribution is 0.238. The summed E-state index contributed by atoms with van der Waals surface area (Å²) in [5.74, 6) is 2.28. The van der Waals surface area contributed by atoms with Gasteiger partial charge in [-0.25, -0.2) is 0 Å². The minimum atomic E-state index is -0.793. The average molecular weight is 225 g/mol. The molecular formula is C10H9BrO. The number of hydrogen-bond acceptors (Lipinski definition) is 1. The van der Waals surface area contributed by atoms with Crippen LogP contribution in [0.3, 0.4) is 0 Å². The van der Waals surface area contributed by atoms with Gasteiger partial charge in [-0.05, 0) is 30.2 Å². The minimum absolute atomic E-state index is 0.792. The van der Waals surface area contributed by atoms with Gasteiger partial charge in [0.1, 0.15) is 6.10 Å². The summed E-state index contributed by atoms with van der Waals surface area (Å²) >= 11 is 3.33. The zero-order valence-electron chi connectivity index (χ0n) is 6.71. The summed E-state index contributed by atoms with van der Waals surface area (Å²) in [5.41, 5.74) is 1.79. The molecule has 0 saturated heterocycles. The highest BCUT2D eigenvalue weighted by Crippen LogP contribution is 2.20. The summed E-state index contributed by atoms with van der Waals surface area (Å²) < 4.78 is 0.993. The van der Waals surface area contributed by atoms with Crippen LogP contribution in [0, 0.1) is 19.3 Å². The highest BCUT2D eigenvalue weighted by molar-refractivity contribution is 9.10. The molecule has 12 heavy (non-hydrogen) atoms. The summed E-state index contributed by atoms with van der Waals surface area (Å²) in [6.07, 6.45) is 4.31. The SMILES string of the molecule is C#CC(O)c1ccc(Br)cc1C. The Morgan fingerprint density at radius 3 is 2.75 bits per heavy atom. The van der Waals surface area contributed by atoms with Gasteiger partial charge in [0.2, 0.25) is 0 Å². The second-order valence-electron chi connectivity index (χ2n) is 2.57. The van der Waals surface area contributed by atoms with Crippen molar-refractivity contribution in [2.24, 2.45) is 0 Å². The van der Waals surface area contributed by atoms with Crippen LogP contribution in [0.5, 0.6) is 0 Å². The molecule has 0 aliphatic carbocycles. The largest absolute Gasteiger partial charge is 0.376 e. The predicted molar refractivity (Wildman–Crippen MR) is 52.7 cm³/mol. The number of terminal acetylenes is 1. The first kappa shape index (κ1) is 9.31. The van der Waals surface area contributed by atoms with Crippen LogP contribution in [-0.2, 0) is 0 Å². The summed E-state index contributed by atoms with van der Waals surface area (Å²) in [6, 6.07) is 5.61. The molecule has 0 saturated carbocycles. The molecule has 0 bridgehead atoms. The van der Waals surface area contributed by atoms with Gasteiger partial charge in [0.15, 0.2) is 0 Å². The zero-order chi connectivity index (χ0) is 9.14. The first-order valence-corrected chi connectivity index (χ1v) is 4.34. The van der Waals surface area contributed by atoms with E-state index in [0.717, 1.165) is 15.6 Å². The van der Waals surface area contributed by atoms with Crippen LogP contribution in [0.25, 0.3) is 0 Å². The Balaban J connectivity index is 3.11. The van der Waals surface area contributed by atoms with Gasteiger partial charge in [-0.1, -0.05) is 27.9 Å². The molecule has 0 heterocycles. The molecule has 0 aliphatic rings. The van der Waals surface area contributed by atoms with Crippen LogP contribution in [0.1, 0.15) is 17.2 Å². The Kier molecular flexibility index (Phi) is 2.91. The molecule has 1 rings (SSSR count). The van der Waals surface area contributed by atoms with E-state index >= 15 is 0 Å². The zero-order valence-corrected chi connectivity index (χ0v) is 8.30. The molecule has 62 valence electrons. The molecule has 1 N–H and O–H groups in total. The fourth-order valence-electron chi connectivity index (χ4n) is 1.04. The van der Waals surface area contributed by atoms with Gasteiger partial charge in [0.05, 0.1) is 0 Å². The average Bonchev–Trinajstić information content (AvgIpc) is 2.03. The number of aliphatic hydroxyl groups is 1. The topological polar surface area (TPSA) is 20.2 Å². The molecule has 0 spiro atoms. The quantitative estimate of drug-likeness (QED) is 0.727. The predicted octanol–water partition coefficient (Wildman–Crippen LogP) is 2.42. The Labute approximate surface area is 80.6 Å². The molecule has 0 radical (unpaired) electrons. The maximum Gasteiger partial charge on any atom is 0.140 e. The van der Waals surface area contributed by atoms with Crippen molar-refractivity contribution in [2.75, 3.05) is 0 Å². The number of hydrogen-bond donors (Lipinski definition) is 1. The lowest BCUT2D eigenvalue weighted by atomic mass is 10.0. The van der Waals surface area contributed by atoms with Crippen LogP contribution in [0.4, 0.5) is 0 Å². The number of benzene rings is 1. The van der Waals surface area contributed by atoms with E-state index in [1.807, 2.05) is 25.1 Å². The molecule has 1 aromatic carbocycles. The second-order valence-corrected chi connectivity index (χ2v) is 3.49. The molecule has 0 fully saturated rings. The normalized spacial score (nSPS) is 12.2. The molecule has 1 atom stereocenters. The standard InChI is InChI=1S/C10H9BrO/c1-3-10(12)9-5-4-8(11)6-7(9)2/h1,4-6,10,12H,2H3. The fraction of sp³-hybridized carbons (Fsp3) is 0.200. The molecule has 1 aromatic rings. The highest BCUT2D eigenvalue weighted by atomic mass is 79.9. The highest BCUT2D eigenvalue weighted by Gasteiger charge is 2.06. The van der Waals surface area contributed by atoms with Gasteiger partial charge in [0.25, 0.3) is 0 Å². The summed E-state index contributed by atoms with van der Waals surface area (Å²) in [6.45, 7) is 1.92. The van der Waals surface area contributed by atoms with Gasteiger partial charge < -0.3 is 5.11 Å². The van der Waals surface area contributed by atoms with E-state index in [9.17, 15) is 5.11 Å². The van der Waals surface area contributed by atoms with E-state index in [2.05, 4.69) is 21.9 Å². The van der Waals surface area contributed by atoms with E-state index in [-0.39, 0.29) is 0 Å². The third kappa shape index (κ3) is 1.88.